The Bertz CT molecular complexity index is 570. The zero-order chi connectivity index (χ0) is 13.8. The summed E-state index contributed by atoms with van der Waals surface area (Å²) in [6.07, 6.45) is 1.13. The molecule has 2 rings (SSSR count). The van der Waals surface area contributed by atoms with E-state index < -0.39 is 5.82 Å². The molecule has 0 fully saturated rings. The number of nitrogens with zero attached hydrogens (tertiary/aromatic N) is 1. The second-order valence-corrected chi connectivity index (χ2v) is 4.65. The van der Waals surface area contributed by atoms with Crippen LogP contribution >= 0.6 is 0 Å². The number of ether oxygens (including phenoxy) is 1. The van der Waals surface area contributed by atoms with Crippen molar-refractivity contribution in [2.45, 2.75) is 26.3 Å². The Kier molecular flexibility index (Phi) is 4.12. The van der Waals surface area contributed by atoms with Gasteiger partial charge in [0, 0.05) is 12.1 Å². The summed E-state index contributed by atoms with van der Waals surface area (Å²) in [7, 11) is 0. The quantitative estimate of drug-likeness (QED) is 0.913. The van der Waals surface area contributed by atoms with Crippen molar-refractivity contribution >= 4 is 0 Å². The SMILES string of the molecule is CC(C)c1cccc(Oc2ncc(F)cc2CN)c1. The van der Waals surface area contributed by atoms with Gasteiger partial charge in [0.15, 0.2) is 0 Å². The summed E-state index contributed by atoms with van der Waals surface area (Å²) in [5.74, 6) is 1.03. The van der Waals surface area contributed by atoms with Crippen LogP contribution in [0.15, 0.2) is 36.5 Å². The Labute approximate surface area is 112 Å². The molecule has 1 heterocycles. The van der Waals surface area contributed by atoms with Crippen LogP contribution in [0.25, 0.3) is 0 Å². The van der Waals surface area contributed by atoms with Crippen LogP contribution in [0.3, 0.4) is 0 Å². The first-order valence-corrected chi connectivity index (χ1v) is 6.22. The maximum absolute atomic E-state index is 13.1. The molecule has 0 aliphatic heterocycles. The summed E-state index contributed by atoms with van der Waals surface area (Å²) in [5.41, 5.74) is 7.29. The first-order valence-electron chi connectivity index (χ1n) is 6.22. The molecule has 19 heavy (non-hydrogen) atoms. The summed E-state index contributed by atoms with van der Waals surface area (Å²) in [5, 5.41) is 0. The second-order valence-electron chi connectivity index (χ2n) is 4.65. The van der Waals surface area contributed by atoms with Crippen molar-refractivity contribution < 1.29 is 9.13 Å². The minimum atomic E-state index is -0.413. The summed E-state index contributed by atoms with van der Waals surface area (Å²) in [6.45, 7) is 4.41. The largest absolute Gasteiger partial charge is 0.439 e. The first kappa shape index (κ1) is 13.5. The van der Waals surface area contributed by atoms with E-state index in [9.17, 15) is 4.39 Å². The Hall–Kier alpha value is -1.94. The number of hydrogen-bond donors (Lipinski definition) is 1. The molecule has 3 nitrogen and oxygen atoms in total. The van der Waals surface area contributed by atoms with E-state index in [1.54, 1.807) is 0 Å². The molecule has 0 saturated heterocycles. The number of aromatic nitrogens is 1. The Morgan fingerprint density at radius 1 is 1.32 bits per heavy atom. The van der Waals surface area contributed by atoms with Crippen LogP contribution < -0.4 is 10.5 Å². The number of pyridine rings is 1. The van der Waals surface area contributed by atoms with E-state index in [1.807, 2.05) is 24.3 Å². The van der Waals surface area contributed by atoms with Crippen LogP contribution in [0, 0.1) is 5.82 Å². The lowest BCUT2D eigenvalue weighted by atomic mass is 10.0. The highest BCUT2D eigenvalue weighted by Crippen LogP contribution is 2.26. The molecule has 0 unspecified atom stereocenters. The maximum Gasteiger partial charge on any atom is 0.223 e. The van der Waals surface area contributed by atoms with Gasteiger partial charge in [-0.2, -0.15) is 0 Å². The summed E-state index contributed by atoms with van der Waals surface area (Å²) < 4.78 is 18.8. The fourth-order valence-corrected chi connectivity index (χ4v) is 1.76. The molecule has 2 aromatic rings. The normalized spacial score (nSPS) is 10.8. The second kappa shape index (κ2) is 5.80. The highest BCUT2D eigenvalue weighted by atomic mass is 19.1. The van der Waals surface area contributed by atoms with Crippen LogP contribution in [0.4, 0.5) is 4.39 Å². The average Bonchev–Trinajstić information content (AvgIpc) is 2.41. The molecule has 100 valence electrons. The molecular weight excluding hydrogens is 243 g/mol. The number of nitrogens with two attached hydrogens (primary N) is 1. The van der Waals surface area contributed by atoms with Crippen LogP contribution in [0.5, 0.6) is 11.6 Å². The molecule has 1 aromatic heterocycles. The van der Waals surface area contributed by atoms with Crippen molar-refractivity contribution in [3.05, 3.63) is 53.5 Å². The monoisotopic (exact) mass is 260 g/mol. The van der Waals surface area contributed by atoms with Crippen molar-refractivity contribution in [2.75, 3.05) is 0 Å². The van der Waals surface area contributed by atoms with Crippen molar-refractivity contribution in [1.29, 1.82) is 0 Å². The van der Waals surface area contributed by atoms with E-state index in [2.05, 4.69) is 18.8 Å². The molecule has 0 amide bonds. The Balaban J connectivity index is 2.28. The summed E-state index contributed by atoms with van der Waals surface area (Å²) >= 11 is 0. The zero-order valence-corrected chi connectivity index (χ0v) is 11.1. The number of benzene rings is 1. The van der Waals surface area contributed by atoms with Crippen molar-refractivity contribution in [2.24, 2.45) is 5.73 Å². The van der Waals surface area contributed by atoms with Gasteiger partial charge in [-0.05, 0) is 29.7 Å². The molecule has 0 aliphatic carbocycles. The highest BCUT2D eigenvalue weighted by molar-refractivity contribution is 5.35. The van der Waals surface area contributed by atoms with Gasteiger partial charge in [-0.1, -0.05) is 26.0 Å². The van der Waals surface area contributed by atoms with Gasteiger partial charge in [0.1, 0.15) is 11.6 Å². The van der Waals surface area contributed by atoms with Gasteiger partial charge in [0.05, 0.1) is 6.20 Å². The van der Waals surface area contributed by atoms with Gasteiger partial charge in [-0.15, -0.1) is 0 Å². The summed E-state index contributed by atoms with van der Waals surface area (Å²) in [4.78, 5) is 3.94. The highest BCUT2D eigenvalue weighted by Gasteiger charge is 2.08. The lowest BCUT2D eigenvalue weighted by Crippen LogP contribution is -2.02. The van der Waals surface area contributed by atoms with E-state index in [0.29, 0.717) is 23.1 Å². The molecule has 1 aromatic carbocycles. The maximum atomic E-state index is 13.1. The molecule has 2 N–H and O–H groups in total. The Morgan fingerprint density at radius 2 is 2.11 bits per heavy atom. The fraction of sp³-hybridized carbons (Fsp3) is 0.267. The predicted octanol–water partition coefficient (Wildman–Crippen LogP) is 3.60. The third-order valence-electron chi connectivity index (χ3n) is 2.85. The topological polar surface area (TPSA) is 48.1 Å². The minimum Gasteiger partial charge on any atom is -0.439 e. The van der Waals surface area contributed by atoms with Crippen molar-refractivity contribution in [3.8, 4) is 11.6 Å². The fourth-order valence-electron chi connectivity index (χ4n) is 1.76. The van der Waals surface area contributed by atoms with Crippen LogP contribution in [-0.4, -0.2) is 4.98 Å². The number of halogens is 1. The molecular formula is C15H17FN2O. The van der Waals surface area contributed by atoms with E-state index >= 15 is 0 Å². The van der Waals surface area contributed by atoms with Gasteiger partial charge < -0.3 is 10.5 Å². The van der Waals surface area contributed by atoms with Gasteiger partial charge in [-0.25, -0.2) is 9.37 Å². The first-order chi connectivity index (χ1) is 9.10. The van der Waals surface area contributed by atoms with Gasteiger partial charge >= 0.3 is 0 Å². The molecule has 0 atom stereocenters. The van der Waals surface area contributed by atoms with Crippen molar-refractivity contribution in [3.63, 3.8) is 0 Å². The summed E-state index contributed by atoms with van der Waals surface area (Å²) in [6, 6.07) is 9.11. The van der Waals surface area contributed by atoms with Crippen molar-refractivity contribution in [1.82, 2.24) is 4.98 Å². The van der Waals surface area contributed by atoms with Crippen LogP contribution in [-0.2, 0) is 6.54 Å². The van der Waals surface area contributed by atoms with E-state index in [0.717, 1.165) is 6.20 Å². The molecule has 0 saturated carbocycles. The number of rotatable bonds is 4. The standard InChI is InChI=1S/C15H17FN2O/c1-10(2)11-4-3-5-14(7-11)19-15-12(8-17)6-13(16)9-18-15/h3-7,9-10H,8,17H2,1-2H3. The molecule has 4 heteroatoms. The van der Waals surface area contributed by atoms with Gasteiger partial charge in [0.25, 0.3) is 0 Å². The lowest BCUT2D eigenvalue weighted by molar-refractivity contribution is 0.451. The smallest absolute Gasteiger partial charge is 0.223 e. The molecule has 0 bridgehead atoms. The third-order valence-corrected chi connectivity index (χ3v) is 2.85. The average molecular weight is 260 g/mol. The molecule has 0 radical (unpaired) electrons. The lowest BCUT2D eigenvalue weighted by Gasteiger charge is -2.11. The Morgan fingerprint density at radius 3 is 2.79 bits per heavy atom. The van der Waals surface area contributed by atoms with E-state index in [1.165, 1.54) is 11.6 Å². The zero-order valence-electron chi connectivity index (χ0n) is 11.1. The predicted molar refractivity (Wildman–Crippen MR) is 72.7 cm³/mol. The van der Waals surface area contributed by atoms with Gasteiger partial charge in [-0.3, -0.25) is 0 Å². The van der Waals surface area contributed by atoms with Gasteiger partial charge in [0.2, 0.25) is 5.88 Å². The van der Waals surface area contributed by atoms with Crippen LogP contribution in [0.1, 0.15) is 30.9 Å². The van der Waals surface area contributed by atoms with E-state index in [4.69, 9.17) is 10.5 Å². The molecule has 0 spiro atoms. The molecule has 0 aliphatic rings. The van der Waals surface area contributed by atoms with Crippen LogP contribution in [0.2, 0.25) is 0 Å². The number of hydrogen-bond acceptors (Lipinski definition) is 3. The van der Waals surface area contributed by atoms with E-state index in [-0.39, 0.29) is 6.54 Å². The minimum absolute atomic E-state index is 0.184. The third kappa shape index (κ3) is 3.29.